The third-order valence-corrected chi connectivity index (χ3v) is 6.33. The third-order valence-electron chi connectivity index (χ3n) is 6.09. The molecule has 1 fully saturated rings. The second kappa shape index (κ2) is 11.0. The molecule has 0 spiro atoms. The van der Waals surface area contributed by atoms with Gasteiger partial charge in [-0.1, -0.05) is 23.7 Å². The molecule has 0 unspecified atom stereocenters. The van der Waals surface area contributed by atoms with Gasteiger partial charge >= 0.3 is 0 Å². The first-order valence-corrected chi connectivity index (χ1v) is 11.7. The summed E-state index contributed by atoms with van der Waals surface area (Å²) in [7, 11) is 2.14. The second-order valence-electron chi connectivity index (χ2n) is 8.46. The molecule has 174 valence electrons. The van der Waals surface area contributed by atoms with Crippen molar-refractivity contribution in [1.29, 1.82) is 0 Å². The van der Waals surface area contributed by atoms with E-state index in [2.05, 4.69) is 22.2 Å². The molecule has 1 amide bonds. The molecule has 1 saturated heterocycles. The first kappa shape index (κ1) is 23.5. The highest BCUT2D eigenvalue weighted by molar-refractivity contribution is 6.31. The third kappa shape index (κ3) is 6.22. The number of nitrogens with zero attached hydrogens (tertiary/aromatic N) is 2. The highest BCUT2D eigenvalue weighted by atomic mass is 35.5. The summed E-state index contributed by atoms with van der Waals surface area (Å²) in [6.07, 6.45) is 2.15. The molecule has 1 aliphatic heterocycles. The van der Waals surface area contributed by atoms with Gasteiger partial charge in [-0.15, -0.1) is 0 Å². The van der Waals surface area contributed by atoms with Gasteiger partial charge in [0.25, 0.3) is 5.91 Å². The van der Waals surface area contributed by atoms with Crippen molar-refractivity contribution in [2.24, 2.45) is 0 Å². The van der Waals surface area contributed by atoms with Crippen LogP contribution in [0.25, 0.3) is 10.9 Å². The van der Waals surface area contributed by atoms with Gasteiger partial charge in [-0.05, 0) is 68.8 Å². The van der Waals surface area contributed by atoms with E-state index >= 15 is 0 Å². The molecule has 0 atom stereocenters. The van der Waals surface area contributed by atoms with E-state index < -0.39 is 0 Å². The molecule has 0 aliphatic carbocycles. The van der Waals surface area contributed by atoms with Crippen LogP contribution in [-0.4, -0.2) is 55.2 Å². The van der Waals surface area contributed by atoms with Crippen molar-refractivity contribution in [3.8, 4) is 5.75 Å². The maximum Gasteiger partial charge on any atom is 0.253 e. The summed E-state index contributed by atoms with van der Waals surface area (Å²) in [5.41, 5.74) is 3.04. The fourth-order valence-electron chi connectivity index (χ4n) is 4.11. The number of likely N-dealkylation sites (N-methyl/N-ethyl adjacent to an activating group) is 1. The first-order chi connectivity index (χ1) is 16.0. The minimum atomic E-state index is -0.161. The largest absolute Gasteiger partial charge is 0.492 e. The number of aromatic nitrogens is 1. The zero-order valence-corrected chi connectivity index (χ0v) is 19.9. The van der Waals surface area contributed by atoms with Gasteiger partial charge < -0.3 is 14.8 Å². The lowest BCUT2D eigenvalue weighted by atomic mass is 10.1. The SMILES string of the molecule is Cc1nc2ccc(Cl)cc2cc1C(=O)NCc1cccc(OCCN(C)C2CCOCC2)c1. The van der Waals surface area contributed by atoms with Crippen LogP contribution in [0.15, 0.2) is 48.5 Å². The van der Waals surface area contributed by atoms with Gasteiger partial charge in [0.1, 0.15) is 12.4 Å². The van der Waals surface area contributed by atoms with E-state index in [9.17, 15) is 4.79 Å². The first-order valence-electron chi connectivity index (χ1n) is 11.3. The van der Waals surface area contributed by atoms with Crippen LogP contribution in [0.2, 0.25) is 5.02 Å². The zero-order valence-electron chi connectivity index (χ0n) is 19.1. The number of benzene rings is 2. The molecular weight excluding hydrogens is 438 g/mol. The maximum absolute atomic E-state index is 12.8. The molecular formula is C26H30ClN3O3. The molecule has 2 aromatic carbocycles. The second-order valence-corrected chi connectivity index (χ2v) is 8.90. The Morgan fingerprint density at radius 2 is 2.03 bits per heavy atom. The lowest BCUT2D eigenvalue weighted by Crippen LogP contribution is -2.38. The van der Waals surface area contributed by atoms with Crippen molar-refractivity contribution in [3.63, 3.8) is 0 Å². The summed E-state index contributed by atoms with van der Waals surface area (Å²) in [5.74, 6) is 0.645. The number of pyridine rings is 1. The number of carbonyl (C=O) groups excluding carboxylic acids is 1. The average molecular weight is 468 g/mol. The van der Waals surface area contributed by atoms with E-state index in [1.54, 1.807) is 6.07 Å². The number of nitrogens with one attached hydrogen (secondary N) is 1. The number of aryl methyl sites for hydroxylation is 1. The van der Waals surface area contributed by atoms with E-state index in [0.29, 0.717) is 35.5 Å². The Balaban J connectivity index is 1.31. The van der Waals surface area contributed by atoms with Gasteiger partial charge in [-0.25, -0.2) is 0 Å². The van der Waals surface area contributed by atoms with Crippen LogP contribution in [-0.2, 0) is 11.3 Å². The number of hydrogen-bond donors (Lipinski definition) is 1. The zero-order chi connectivity index (χ0) is 23.2. The van der Waals surface area contributed by atoms with E-state index in [1.807, 2.05) is 49.4 Å². The molecule has 0 radical (unpaired) electrons. The molecule has 1 N–H and O–H groups in total. The average Bonchev–Trinajstić information content (AvgIpc) is 2.83. The smallest absolute Gasteiger partial charge is 0.253 e. The predicted molar refractivity (Wildman–Crippen MR) is 131 cm³/mol. The van der Waals surface area contributed by atoms with E-state index in [4.69, 9.17) is 21.1 Å². The molecule has 7 heteroatoms. The number of ether oxygens (including phenoxy) is 2. The molecule has 1 aromatic heterocycles. The number of carbonyl (C=O) groups is 1. The van der Waals surface area contributed by atoms with Crippen molar-refractivity contribution >= 4 is 28.4 Å². The highest BCUT2D eigenvalue weighted by Crippen LogP contribution is 2.21. The van der Waals surface area contributed by atoms with Gasteiger partial charge in [-0.2, -0.15) is 0 Å². The predicted octanol–water partition coefficient (Wildman–Crippen LogP) is 4.62. The van der Waals surface area contributed by atoms with Crippen LogP contribution in [0.1, 0.15) is 34.5 Å². The number of fused-ring (bicyclic) bond motifs is 1. The molecule has 0 saturated carbocycles. The van der Waals surface area contributed by atoms with Crippen LogP contribution in [0, 0.1) is 6.92 Å². The monoisotopic (exact) mass is 467 g/mol. The topological polar surface area (TPSA) is 63.7 Å². The van der Waals surface area contributed by atoms with E-state index in [-0.39, 0.29) is 5.91 Å². The normalized spacial score (nSPS) is 14.5. The number of amides is 1. The molecule has 2 heterocycles. The van der Waals surface area contributed by atoms with Crippen LogP contribution in [0.4, 0.5) is 0 Å². The van der Waals surface area contributed by atoms with Crippen molar-refractivity contribution in [3.05, 3.63) is 70.4 Å². The minimum Gasteiger partial charge on any atom is -0.492 e. The summed E-state index contributed by atoms with van der Waals surface area (Å²) in [6, 6.07) is 15.7. The molecule has 6 nitrogen and oxygen atoms in total. The Bertz CT molecular complexity index is 1120. The molecule has 4 rings (SSSR count). The summed E-state index contributed by atoms with van der Waals surface area (Å²) < 4.78 is 11.4. The van der Waals surface area contributed by atoms with Crippen molar-refractivity contribution in [1.82, 2.24) is 15.2 Å². The summed E-state index contributed by atoms with van der Waals surface area (Å²) >= 11 is 6.09. The van der Waals surface area contributed by atoms with E-state index in [1.165, 1.54) is 0 Å². The Morgan fingerprint density at radius 3 is 2.85 bits per heavy atom. The fraction of sp³-hybridized carbons (Fsp3) is 0.385. The number of rotatable bonds is 8. The van der Waals surface area contributed by atoms with Crippen molar-refractivity contribution in [2.75, 3.05) is 33.4 Å². The summed E-state index contributed by atoms with van der Waals surface area (Å²) in [5, 5.41) is 4.46. The van der Waals surface area contributed by atoms with Gasteiger partial charge in [0.2, 0.25) is 0 Å². The molecule has 0 bridgehead atoms. The standard InChI is InChI=1S/C26H30ClN3O3/c1-18-24(16-20-15-21(27)6-7-25(20)29-18)26(31)28-17-19-4-3-5-23(14-19)33-13-10-30(2)22-8-11-32-12-9-22/h3-7,14-16,22H,8-13,17H2,1-2H3,(H,28,31). The van der Waals surface area contributed by atoms with Crippen LogP contribution >= 0.6 is 11.6 Å². The Hall–Kier alpha value is -2.67. The lowest BCUT2D eigenvalue weighted by molar-refractivity contribution is 0.0392. The summed E-state index contributed by atoms with van der Waals surface area (Å²) in [6.45, 7) is 5.41. The fourth-order valence-corrected chi connectivity index (χ4v) is 4.29. The van der Waals surface area contributed by atoms with Crippen LogP contribution < -0.4 is 10.1 Å². The van der Waals surface area contributed by atoms with Gasteiger partial charge in [0, 0.05) is 42.8 Å². The number of hydrogen-bond acceptors (Lipinski definition) is 5. The Morgan fingerprint density at radius 1 is 1.21 bits per heavy atom. The Labute approximate surface area is 199 Å². The maximum atomic E-state index is 12.8. The van der Waals surface area contributed by atoms with Gasteiger partial charge in [0.15, 0.2) is 0 Å². The summed E-state index contributed by atoms with van der Waals surface area (Å²) in [4.78, 5) is 19.7. The Kier molecular flexibility index (Phi) is 7.81. The van der Waals surface area contributed by atoms with Crippen LogP contribution in [0.5, 0.6) is 5.75 Å². The van der Waals surface area contributed by atoms with Crippen molar-refractivity contribution < 1.29 is 14.3 Å². The molecule has 1 aliphatic rings. The number of halogens is 1. The quantitative estimate of drug-likeness (QED) is 0.524. The van der Waals surface area contributed by atoms with Gasteiger partial charge in [-0.3, -0.25) is 14.7 Å². The van der Waals surface area contributed by atoms with Gasteiger partial charge in [0.05, 0.1) is 16.8 Å². The molecule has 3 aromatic rings. The van der Waals surface area contributed by atoms with Crippen LogP contribution in [0.3, 0.4) is 0 Å². The molecule has 33 heavy (non-hydrogen) atoms. The van der Waals surface area contributed by atoms with E-state index in [0.717, 1.165) is 54.8 Å². The highest BCUT2D eigenvalue weighted by Gasteiger charge is 2.18. The minimum absolute atomic E-state index is 0.161. The lowest BCUT2D eigenvalue weighted by Gasteiger charge is -2.31. The van der Waals surface area contributed by atoms with Crippen molar-refractivity contribution in [2.45, 2.75) is 32.4 Å².